The van der Waals surface area contributed by atoms with Gasteiger partial charge in [-0.05, 0) is 31.9 Å². The van der Waals surface area contributed by atoms with Crippen LogP contribution in [0.5, 0.6) is 0 Å². The van der Waals surface area contributed by atoms with Crippen molar-refractivity contribution in [3.05, 3.63) is 33.9 Å². The molecule has 0 saturated carbocycles. The van der Waals surface area contributed by atoms with Crippen LogP contribution >= 0.6 is 0 Å². The Balaban J connectivity index is 3.20. The maximum atomic E-state index is 11.4. The summed E-state index contributed by atoms with van der Waals surface area (Å²) in [5.74, 6) is 0.298. The third kappa shape index (κ3) is 3.79. The van der Waals surface area contributed by atoms with Crippen LogP contribution in [0, 0.1) is 16.0 Å². The van der Waals surface area contributed by atoms with Gasteiger partial charge in [0.25, 0.3) is 5.69 Å². The molecule has 0 N–H and O–H groups in total. The van der Waals surface area contributed by atoms with Crippen molar-refractivity contribution in [2.45, 2.75) is 34.1 Å². The molecule has 0 aromatic heterocycles. The molecule has 0 aliphatic heterocycles. The lowest BCUT2D eigenvalue weighted by molar-refractivity contribution is -0.384. The number of hydrogen-bond donors (Lipinski definition) is 0. The summed E-state index contributed by atoms with van der Waals surface area (Å²) in [6.45, 7) is 9.09. The third-order valence-electron chi connectivity index (χ3n) is 3.53. The summed E-state index contributed by atoms with van der Waals surface area (Å²) in [7, 11) is 0. The number of nitrogens with zero attached hydrogens (tertiary/aromatic N) is 2. The fourth-order valence-electron chi connectivity index (χ4n) is 2.06. The number of ketones is 1. The number of hydrogen-bond acceptors (Lipinski definition) is 4. The molecule has 1 aromatic carbocycles. The summed E-state index contributed by atoms with van der Waals surface area (Å²) in [5, 5.41) is 11.2. The Labute approximate surface area is 119 Å². The number of carbonyl (C=O) groups is 1. The van der Waals surface area contributed by atoms with E-state index in [9.17, 15) is 14.9 Å². The van der Waals surface area contributed by atoms with Crippen LogP contribution < -0.4 is 4.90 Å². The van der Waals surface area contributed by atoms with Gasteiger partial charge in [-0.15, -0.1) is 0 Å². The van der Waals surface area contributed by atoms with Gasteiger partial charge in [-0.1, -0.05) is 20.3 Å². The first-order valence-corrected chi connectivity index (χ1v) is 6.95. The van der Waals surface area contributed by atoms with Gasteiger partial charge in [0.1, 0.15) is 5.69 Å². The maximum absolute atomic E-state index is 11.4. The molecule has 1 aromatic rings. The minimum atomic E-state index is -0.416. The van der Waals surface area contributed by atoms with E-state index in [0.29, 0.717) is 23.7 Å². The van der Waals surface area contributed by atoms with Gasteiger partial charge in [-0.3, -0.25) is 14.9 Å². The molecule has 0 spiro atoms. The highest BCUT2D eigenvalue weighted by Gasteiger charge is 2.21. The number of benzene rings is 1. The molecular formula is C15H22N2O3. The van der Waals surface area contributed by atoms with Crippen LogP contribution in [0.2, 0.25) is 0 Å². The molecule has 1 rings (SSSR count). The molecule has 0 amide bonds. The Morgan fingerprint density at radius 2 is 2.05 bits per heavy atom. The molecule has 0 fully saturated rings. The lowest BCUT2D eigenvalue weighted by Gasteiger charge is -2.26. The van der Waals surface area contributed by atoms with Gasteiger partial charge >= 0.3 is 0 Å². The highest BCUT2D eigenvalue weighted by molar-refractivity contribution is 5.95. The second-order valence-electron chi connectivity index (χ2n) is 5.07. The summed E-state index contributed by atoms with van der Waals surface area (Å²) in [6.07, 6.45) is 1.02. The topological polar surface area (TPSA) is 63.5 Å². The SMILES string of the molecule is CCC(C)CN(CC)c1ccc(C(C)=O)cc1[N+](=O)[O-]. The van der Waals surface area contributed by atoms with E-state index in [1.165, 1.54) is 13.0 Å². The van der Waals surface area contributed by atoms with Crippen molar-refractivity contribution < 1.29 is 9.72 Å². The fraction of sp³-hybridized carbons (Fsp3) is 0.533. The molecule has 5 heteroatoms. The van der Waals surface area contributed by atoms with E-state index in [0.717, 1.165) is 13.0 Å². The monoisotopic (exact) mass is 278 g/mol. The molecule has 0 aliphatic carbocycles. The Morgan fingerprint density at radius 1 is 1.40 bits per heavy atom. The quantitative estimate of drug-likeness (QED) is 0.433. The lowest BCUT2D eigenvalue weighted by Crippen LogP contribution is -2.28. The first kappa shape index (κ1) is 16.1. The van der Waals surface area contributed by atoms with Gasteiger partial charge in [0, 0.05) is 24.7 Å². The van der Waals surface area contributed by atoms with Crippen LogP contribution in [-0.2, 0) is 0 Å². The van der Waals surface area contributed by atoms with Gasteiger partial charge in [0.15, 0.2) is 5.78 Å². The Hall–Kier alpha value is -1.91. The largest absolute Gasteiger partial charge is 0.366 e. The van der Waals surface area contributed by atoms with Crippen LogP contribution in [0.25, 0.3) is 0 Å². The van der Waals surface area contributed by atoms with E-state index < -0.39 is 4.92 Å². The summed E-state index contributed by atoms with van der Waals surface area (Å²) in [5.41, 5.74) is 0.964. The van der Waals surface area contributed by atoms with Crippen LogP contribution in [-0.4, -0.2) is 23.8 Å². The van der Waals surface area contributed by atoms with E-state index >= 15 is 0 Å². The summed E-state index contributed by atoms with van der Waals surface area (Å²) >= 11 is 0. The molecule has 0 radical (unpaired) electrons. The van der Waals surface area contributed by atoms with Crippen molar-refractivity contribution in [3.63, 3.8) is 0 Å². The van der Waals surface area contributed by atoms with Gasteiger partial charge in [-0.25, -0.2) is 0 Å². The summed E-state index contributed by atoms with van der Waals surface area (Å²) < 4.78 is 0. The second-order valence-corrected chi connectivity index (χ2v) is 5.07. The van der Waals surface area contributed by atoms with Crippen molar-refractivity contribution in [2.75, 3.05) is 18.0 Å². The summed E-state index contributed by atoms with van der Waals surface area (Å²) in [6, 6.07) is 4.71. The molecule has 1 atom stereocenters. The van der Waals surface area contributed by atoms with Crippen LogP contribution in [0.15, 0.2) is 18.2 Å². The Kier molecular flexibility index (Phi) is 5.67. The van der Waals surface area contributed by atoms with Crippen LogP contribution in [0.4, 0.5) is 11.4 Å². The molecular weight excluding hydrogens is 256 g/mol. The zero-order valence-electron chi connectivity index (χ0n) is 12.5. The van der Waals surface area contributed by atoms with Crippen molar-refractivity contribution >= 4 is 17.2 Å². The number of anilines is 1. The summed E-state index contributed by atoms with van der Waals surface area (Å²) in [4.78, 5) is 24.2. The molecule has 0 bridgehead atoms. The van der Waals surface area contributed by atoms with E-state index in [-0.39, 0.29) is 11.5 Å². The molecule has 0 aliphatic rings. The number of Topliss-reactive ketones (excluding diaryl/α,β-unsaturated/α-hetero) is 1. The number of nitro benzene ring substituents is 1. The molecule has 0 saturated heterocycles. The minimum Gasteiger partial charge on any atom is -0.366 e. The van der Waals surface area contributed by atoms with Gasteiger partial charge in [0.05, 0.1) is 4.92 Å². The van der Waals surface area contributed by atoms with E-state index in [4.69, 9.17) is 0 Å². The highest BCUT2D eigenvalue weighted by Crippen LogP contribution is 2.30. The predicted molar refractivity (Wildman–Crippen MR) is 80.4 cm³/mol. The van der Waals surface area contributed by atoms with E-state index in [2.05, 4.69) is 13.8 Å². The Bertz CT molecular complexity index is 500. The molecule has 20 heavy (non-hydrogen) atoms. The smallest absolute Gasteiger partial charge is 0.293 e. The van der Waals surface area contributed by atoms with Crippen molar-refractivity contribution in [3.8, 4) is 0 Å². The lowest BCUT2D eigenvalue weighted by atomic mass is 10.1. The van der Waals surface area contributed by atoms with Gasteiger partial charge < -0.3 is 4.90 Å². The Morgan fingerprint density at radius 3 is 2.50 bits per heavy atom. The van der Waals surface area contributed by atoms with Crippen molar-refractivity contribution in [1.29, 1.82) is 0 Å². The third-order valence-corrected chi connectivity index (χ3v) is 3.53. The van der Waals surface area contributed by atoms with Crippen LogP contribution in [0.3, 0.4) is 0 Å². The highest BCUT2D eigenvalue weighted by atomic mass is 16.6. The molecule has 110 valence electrons. The normalized spacial score (nSPS) is 12.0. The minimum absolute atomic E-state index is 0.00264. The second kappa shape index (κ2) is 7.03. The van der Waals surface area contributed by atoms with Crippen molar-refractivity contribution in [2.24, 2.45) is 5.92 Å². The van der Waals surface area contributed by atoms with Gasteiger partial charge in [0.2, 0.25) is 0 Å². The van der Waals surface area contributed by atoms with Crippen molar-refractivity contribution in [1.82, 2.24) is 0 Å². The molecule has 1 unspecified atom stereocenters. The zero-order valence-corrected chi connectivity index (χ0v) is 12.5. The van der Waals surface area contributed by atoms with E-state index in [1.54, 1.807) is 12.1 Å². The molecule has 5 nitrogen and oxygen atoms in total. The number of nitro groups is 1. The number of rotatable bonds is 7. The fourth-order valence-corrected chi connectivity index (χ4v) is 2.06. The first-order valence-electron chi connectivity index (χ1n) is 6.95. The average Bonchev–Trinajstić information content (AvgIpc) is 2.43. The first-order chi connectivity index (χ1) is 9.40. The standard InChI is InChI=1S/C15H22N2O3/c1-5-11(3)10-16(6-2)14-8-7-13(12(4)18)9-15(14)17(19)20/h7-9,11H,5-6,10H2,1-4H3. The average molecular weight is 278 g/mol. The zero-order chi connectivity index (χ0) is 15.3. The van der Waals surface area contributed by atoms with Crippen LogP contribution in [0.1, 0.15) is 44.5 Å². The maximum Gasteiger partial charge on any atom is 0.293 e. The number of carbonyl (C=O) groups excluding carboxylic acids is 1. The van der Waals surface area contributed by atoms with Gasteiger partial charge in [-0.2, -0.15) is 0 Å². The van der Waals surface area contributed by atoms with E-state index in [1.807, 2.05) is 11.8 Å². The molecule has 0 heterocycles. The predicted octanol–water partition coefficient (Wildman–Crippen LogP) is 3.67.